The Morgan fingerprint density at radius 3 is 2.92 bits per heavy atom. The highest BCUT2D eigenvalue weighted by molar-refractivity contribution is 5.83. The molecule has 1 heterocycles. The van der Waals surface area contributed by atoms with Crippen molar-refractivity contribution in [3.63, 3.8) is 0 Å². The second-order valence-corrected chi connectivity index (χ2v) is 5.92. The van der Waals surface area contributed by atoms with Gasteiger partial charge in [-0.05, 0) is 47.9 Å². The molecule has 0 saturated heterocycles. The normalized spacial score (nSPS) is 11.3. The van der Waals surface area contributed by atoms with E-state index in [2.05, 4.69) is 26.7 Å². The van der Waals surface area contributed by atoms with Crippen molar-refractivity contribution in [2.24, 2.45) is 4.99 Å². The number of halogens is 1. The highest BCUT2D eigenvalue weighted by Crippen LogP contribution is 2.19. The summed E-state index contributed by atoms with van der Waals surface area (Å²) in [7, 11) is 1.72. The molecule has 0 saturated carbocycles. The van der Waals surface area contributed by atoms with Crippen molar-refractivity contribution < 1.29 is 4.39 Å². The van der Waals surface area contributed by atoms with Crippen molar-refractivity contribution in [2.75, 3.05) is 13.6 Å². The summed E-state index contributed by atoms with van der Waals surface area (Å²) in [5.74, 6) is 0.451. The Morgan fingerprint density at radius 1 is 1.23 bits per heavy atom. The average molecular weight is 349 g/mol. The monoisotopic (exact) mass is 349 g/mol. The van der Waals surface area contributed by atoms with Crippen molar-refractivity contribution in [3.8, 4) is 6.07 Å². The lowest BCUT2D eigenvalue weighted by molar-refractivity contribution is 0.629. The lowest BCUT2D eigenvalue weighted by Gasteiger charge is -2.12. The van der Waals surface area contributed by atoms with E-state index in [9.17, 15) is 4.39 Å². The Balaban J connectivity index is 1.53. The third-order valence-electron chi connectivity index (χ3n) is 4.16. The summed E-state index contributed by atoms with van der Waals surface area (Å²) >= 11 is 0. The van der Waals surface area contributed by atoms with Crippen molar-refractivity contribution in [1.82, 2.24) is 15.6 Å². The van der Waals surface area contributed by atoms with Gasteiger partial charge in [0.2, 0.25) is 0 Å². The number of H-pyrrole nitrogens is 1. The van der Waals surface area contributed by atoms with E-state index >= 15 is 0 Å². The molecule has 0 amide bonds. The molecular weight excluding hydrogens is 329 g/mol. The molecule has 0 fully saturated rings. The van der Waals surface area contributed by atoms with Crippen LogP contribution in [0.5, 0.6) is 0 Å². The molecule has 1 aromatic heterocycles. The van der Waals surface area contributed by atoms with Crippen LogP contribution in [-0.4, -0.2) is 24.5 Å². The van der Waals surface area contributed by atoms with E-state index < -0.39 is 0 Å². The first-order valence-corrected chi connectivity index (χ1v) is 8.38. The Morgan fingerprint density at radius 2 is 2.12 bits per heavy atom. The molecular formula is C20H20FN5. The summed E-state index contributed by atoms with van der Waals surface area (Å²) in [6.45, 7) is 1.28. The van der Waals surface area contributed by atoms with E-state index in [1.54, 1.807) is 19.2 Å². The molecule has 6 heteroatoms. The minimum atomic E-state index is -0.242. The Labute approximate surface area is 151 Å². The van der Waals surface area contributed by atoms with Crippen LogP contribution in [0.4, 0.5) is 4.39 Å². The van der Waals surface area contributed by atoms with Gasteiger partial charge in [-0.3, -0.25) is 4.99 Å². The summed E-state index contributed by atoms with van der Waals surface area (Å²) in [4.78, 5) is 7.31. The summed E-state index contributed by atoms with van der Waals surface area (Å²) in [5, 5.41) is 16.5. The fraction of sp³-hybridized carbons (Fsp3) is 0.200. The summed E-state index contributed by atoms with van der Waals surface area (Å²) in [5.41, 5.74) is 3.60. The third kappa shape index (κ3) is 4.19. The highest BCUT2D eigenvalue weighted by Gasteiger charge is 2.05. The van der Waals surface area contributed by atoms with Gasteiger partial charge in [0, 0.05) is 37.2 Å². The number of nitriles is 1. The van der Waals surface area contributed by atoms with Crippen LogP contribution in [0.2, 0.25) is 0 Å². The first-order valence-electron chi connectivity index (χ1n) is 8.38. The van der Waals surface area contributed by atoms with Crippen molar-refractivity contribution in [2.45, 2.75) is 13.0 Å². The van der Waals surface area contributed by atoms with Crippen molar-refractivity contribution in [1.29, 1.82) is 5.26 Å². The molecule has 0 radical (unpaired) electrons. The van der Waals surface area contributed by atoms with Crippen LogP contribution in [0.3, 0.4) is 0 Å². The van der Waals surface area contributed by atoms with Gasteiger partial charge in [0.15, 0.2) is 5.96 Å². The van der Waals surface area contributed by atoms with Gasteiger partial charge in [-0.15, -0.1) is 0 Å². The summed E-state index contributed by atoms with van der Waals surface area (Å²) in [6.07, 6.45) is 2.70. The van der Waals surface area contributed by atoms with E-state index in [1.165, 1.54) is 12.1 Å². The van der Waals surface area contributed by atoms with Gasteiger partial charge in [-0.2, -0.15) is 5.26 Å². The molecule has 3 rings (SSSR count). The van der Waals surface area contributed by atoms with Crippen LogP contribution >= 0.6 is 0 Å². The minimum Gasteiger partial charge on any atom is -0.361 e. The molecule has 2 aromatic carbocycles. The number of nitrogens with zero attached hydrogens (tertiary/aromatic N) is 2. The summed E-state index contributed by atoms with van der Waals surface area (Å²) < 4.78 is 13.2. The van der Waals surface area contributed by atoms with Gasteiger partial charge >= 0.3 is 0 Å². The fourth-order valence-electron chi connectivity index (χ4n) is 2.84. The average Bonchev–Trinajstić information content (AvgIpc) is 3.06. The smallest absolute Gasteiger partial charge is 0.191 e. The standard InChI is InChI=1S/C20H20FN5/c1-23-20(26-12-15-4-2-3-14(9-15)11-22)24-8-7-16-13-25-19-10-17(21)5-6-18(16)19/h2-6,9-10,13,25H,7-8,12H2,1H3,(H2,23,24,26). The second kappa shape index (κ2) is 8.17. The lowest BCUT2D eigenvalue weighted by Crippen LogP contribution is -2.37. The Bertz CT molecular complexity index is 968. The first-order chi connectivity index (χ1) is 12.7. The number of aliphatic imine (C=N–C) groups is 1. The number of rotatable bonds is 5. The highest BCUT2D eigenvalue weighted by atomic mass is 19.1. The quantitative estimate of drug-likeness (QED) is 0.489. The maximum Gasteiger partial charge on any atom is 0.191 e. The molecule has 0 spiro atoms. The van der Waals surface area contributed by atoms with Gasteiger partial charge < -0.3 is 15.6 Å². The number of guanidine groups is 1. The molecule has 0 unspecified atom stereocenters. The predicted octanol–water partition coefficient (Wildman–Crippen LogP) is 3.09. The van der Waals surface area contributed by atoms with Crippen LogP contribution < -0.4 is 10.6 Å². The molecule has 0 atom stereocenters. The fourth-order valence-corrected chi connectivity index (χ4v) is 2.84. The number of aromatic nitrogens is 1. The van der Waals surface area contributed by atoms with Gasteiger partial charge in [-0.1, -0.05) is 12.1 Å². The molecule has 5 nitrogen and oxygen atoms in total. The van der Waals surface area contributed by atoms with Crippen LogP contribution in [0.25, 0.3) is 10.9 Å². The maximum absolute atomic E-state index is 13.2. The largest absolute Gasteiger partial charge is 0.361 e. The number of nitrogens with one attached hydrogen (secondary N) is 3. The van der Waals surface area contributed by atoms with Gasteiger partial charge in [-0.25, -0.2) is 4.39 Å². The van der Waals surface area contributed by atoms with E-state index in [-0.39, 0.29) is 5.82 Å². The molecule has 0 aliphatic rings. The van der Waals surface area contributed by atoms with Gasteiger partial charge in [0.1, 0.15) is 5.82 Å². The SMILES string of the molecule is CN=C(NCCc1c[nH]c2cc(F)ccc12)NCc1cccc(C#N)c1. The zero-order chi connectivity index (χ0) is 18.4. The van der Waals surface area contributed by atoms with E-state index in [0.717, 1.165) is 28.5 Å². The molecule has 132 valence electrons. The minimum absolute atomic E-state index is 0.242. The maximum atomic E-state index is 13.2. The lowest BCUT2D eigenvalue weighted by atomic mass is 10.1. The predicted molar refractivity (Wildman–Crippen MR) is 101 cm³/mol. The van der Waals surface area contributed by atoms with Gasteiger partial charge in [0.05, 0.1) is 11.6 Å². The molecule has 0 aliphatic carbocycles. The zero-order valence-electron chi connectivity index (χ0n) is 14.5. The zero-order valence-corrected chi connectivity index (χ0v) is 14.5. The molecule has 0 aliphatic heterocycles. The molecule has 3 aromatic rings. The Hall–Kier alpha value is -3.33. The van der Waals surface area contributed by atoms with Crippen molar-refractivity contribution >= 4 is 16.9 Å². The topological polar surface area (TPSA) is 76.0 Å². The number of hydrogen-bond acceptors (Lipinski definition) is 2. The van der Waals surface area contributed by atoms with Crippen LogP contribution in [0.1, 0.15) is 16.7 Å². The first kappa shape index (κ1) is 17.5. The number of hydrogen-bond donors (Lipinski definition) is 3. The van der Waals surface area contributed by atoms with Crippen LogP contribution in [-0.2, 0) is 13.0 Å². The van der Waals surface area contributed by atoms with Gasteiger partial charge in [0.25, 0.3) is 0 Å². The van der Waals surface area contributed by atoms with E-state index in [0.29, 0.717) is 24.6 Å². The van der Waals surface area contributed by atoms with E-state index in [1.807, 2.05) is 24.4 Å². The molecule has 26 heavy (non-hydrogen) atoms. The van der Waals surface area contributed by atoms with Crippen LogP contribution in [0.15, 0.2) is 53.7 Å². The molecule has 3 N–H and O–H groups in total. The molecule has 0 bridgehead atoms. The second-order valence-electron chi connectivity index (χ2n) is 5.92. The Kier molecular flexibility index (Phi) is 5.49. The number of aromatic amines is 1. The van der Waals surface area contributed by atoms with Crippen LogP contribution in [0, 0.1) is 17.1 Å². The van der Waals surface area contributed by atoms with E-state index in [4.69, 9.17) is 5.26 Å². The summed E-state index contributed by atoms with van der Waals surface area (Å²) in [6, 6.07) is 14.4. The number of fused-ring (bicyclic) bond motifs is 1. The number of benzene rings is 2. The van der Waals surface area contributed by atoms with Crippen molar-refractivity contribution in [3.05, 3.63) is 71.2 Å². The third-order valence-corrected chi connectivity index (χ3v) is 4.16.